The summed E-state index contributed by atoms with van der Waals surface area (Å²) in [5.74, 6) is 0.923. The van der Waals surface area contributed by atoms with Crippen molar-refractivity contribution in [2.75, 3.05) is 13.1 Å². The summed E-state index contributed by atoms with van der Waals surface area (Å²) in [6.45, 7) is 6.17. The van der Waals surface area contributed by atoms with Crippen molar-refractivity contribution in [3.05, 3.63) is 16.4 Å². The fourth-order valence-corrected chi connectivity index (χ4v) is 1.98. The van der Waals surface area contributed by atoms with Crippen LogP contribution in [0.15, 0.2) is 5.57 Å². The molecular formula is C9H13N3S. The predicted octanol–water partition coefficient (Wildman–Crippen LogP) is 1.61. The molecule has 0 aromatic carbocycles. The smallest absolute Gasteiger partial charge is 0.170 e. The van der Waals surface area contributed by atoms with Crippen LogP contribution in [-0.2, 0) is 0 Å². The van der Waals surface area contributed by atoms with E-state index in [-0.39, 0.29) is 0 Å². The Balaban J connectivity index is 2.34. The number of hydrogen-bond acceptors (Lipinski definition) is 4. The van der Waals surface area contributed by atoms with Gasteiger partial charge in [-0.3, -0.25) is 0 Å². The summed E-state index contributed by atoms with van der Waals surface area (Å²) in [4.78, 5) is 4.39. The van der Waals surface area contributed by atoms with Crippen LogP contribution in [0.25, 0.3) is 5.57 Å². The summed E-state index contributed by atoms with van der Waals surface area (Å²) in [7, 11) is 0. The average molecular weight is 195 g/mol. The van der Waals surface area contributed by atoms with Crippen molar-refractivity contribution < 1.29 is 0 Å². The first-order chi connectivity index (χ1) is 6.27. The summed E-state index contributed by atoms with van der Waals surface area (Å²) >= 11 is 1.48. The van der Waals surface area contributed by atoms with Gasteiger partial charge in [-0.2, -0.15) is 4.37 Å². The summed E-state index contributed by atoms with van der Waals surface area (Å²) in [6, 6.07) is 0. The van der Waals surface area contributed by atoms with Crippen LogP contribution in [0.3, 0.4) is 0 Å². The zero-order valence-electron chi connectivity index (χ0n) is 7.92. The Hall–Kier alpha value is -0.740. The first kappa shape index (κ1) is 8.84. The molecular weight excluding hydrogens is 182 g/mol. The van der Waals surface area contributed by atoms with Crippen molar-refractivity contribution in [1.82, 2.24) is 14.7 Å². The molecule has 1 aliphatic heterocycles. The fraction of sp³-hybridized carbons (Fsp3) is 0.556. The maximum absolute atomic E-state index is 4.39. The molecule has 0 bridgehead atoms. The molecule has 0 saturated carbocycles. The Kier molecular flexibility index (Phi) is 2.42. The van der Waals surface area contributed by atoms with E-state index >= 15 is 0 Å². The van der Waals surface area contributed by atoms with Gasteiger partial charge in [0, 0.05) is 12.1 Å². The molecule has 2 rings (SSSR count). The van der Waals surface area contributed by atoms with Crippen LogP contribution in [0.4, 0.5) is 0 Å². The summed E-state index contributed by atoms with van der Waals surface area (Å²) in [6.07, 6.45) is 1.12. The van der Waals surface area contributed by atoms with Crippen molar-refractivity contribution in [1.29, 1.82) is 0 Å². The average Bonchev–Trinajstić information content (AvgIpc) is 2.53. The van der Waals surface area contributed by atoms with E-state index in [1.54, 1.807) is 0 Å². The van der Waals surface area contributed by atoms with Gasteiger partial charge in [0.25, 0.3) is 0 Å². The van der Waals surface area contributed by atoms with Crippen molar-refractivity contribution in [2.24, 2.45) is 0 Å². The van der Waals surface area contributed by atoms with Gasteiger partial charge >= 0.3 is 0 Å². The second kappa shape index (κ2) is 3.55. The van der Waals surface area contributed by atoms with Crippen molar-refractivity contribution >= 4 is 17.1 Å². The highest BCUT2D eigenvalue weighted by molar-refractivity contribution is 7.05. The Morgan fingerprint density at radius 3 is 2.85 bits per heavy atom. The summed E-state index contributed by atoms with van der Waals surface area (Å²) < 4.78 is 4.32. The lowest BCUT2D eigenvalue weighted by atomic mass is 10.0. The third-order valence-corrected chi connectivity index (χ3v) is 2.91. The molecule has 70 valence electrons. The maximum Gasteiger partial charge on any atom is 0.170 e. The summed E-state index contributed by atoms with van der Waals surface area (Å²) in [5.41, 5.74) is 2.71. The number of hydrogen-bond donors (Lipinski definition) is 1. The molecule has 4 heteroatoms. The van der Waals surface area contributed by atoms with Gasteiger partial charge in [0.05, 0.1) is 0 Å². The van der Waals surface area contributed by atoms with E-state index in [9.17, 15) is 0 Å². The molecule has 0 radical (unpaired) electrons. The SMILES string of the molecule is CC1=C(c2nsc(C)n2)CNCC1. The first-order valence-electron chi connectivity index (χ1n) is 4.47. The quantitative estimate of drug-likeness (QED) is 0.740. The second-order valence-electron chi connectivity index (χ2n) is 3.32. The number of nitrogens with zero attached hydrogens (tertiary/aromatic N) is 2. The van der Waals surface area contributed by atoms with Crippen LogP contribution in [0.2, 0.25) is 0 Å². The number of rotatable bonds is 1. The lowest BCUT2D eigenvalue weighted by Gasteiger charge is -2.16. The highest BCUT2D eigenvalue weighted by Gasteiger charge is 2.13. The minimum absolute atomic E-state index is 0.919. The van der Waals surface area contributed by atoms with Crippen LogP contribution < -0.4 is 5.32 Å². The van der Waals surface area contributed by atoms with Gasteiger partial charge < -0.3 is 5.32 Å². The number of aryl methyl sites for hydroxylation is 1. The van der Waals surface area contributed by atoms with Gasteiger partial charge in [-0.25, -0.2) is 4.98 Å². The molecule has 0 fully saturated rings. The lowest BCUT2D eigenvalue weighted by Crippen LogP contribution is -2.24. The molecule has 0 unspecified atom stereocenters. The molecule has 1 aliphatic rings. The van der Waals surface area contributed by atoms with E-state index in [1.165, 1.54) is 22.7 Å². The predicted molar refractivity (Wildman–Crippen MR) is 54.7 cm³/mol. The second-order valence-corrected chi connectivity index (χ2v) is 4.28. The Labute approximate surface area is 82.1 Å². The van der Waals surface area contributed by atoms with Crippen LogP contribution in [0.5, 0.6) is 0 Å². The van der Waals surface area contributed by atoms with Crippen LogP contribution in [-0.4, -0.2) is 22.4 Å². The minimum atomic E-state index is 0.919. The van der Waals surface area contributed by atoms with E-state index < -0.39 is 0 Å². The molecule has 13 heavy (non-hydrogen) atoms. The number of nitrogens with one attached hydrogen (secondary N) is 1. The largest absolute Gasteiger partial charge is 0.312 e. The number of aromatic nitrogens is 2. The fourth-order valence-electron chi connectivity index (χ4n) is 1.48. The van der Waals surface area contributed by atoms with Crippen LogP contribution in [0, 0.1) is 6.92 Å². The van der Waals surface area contributed by atoms with Gasteiger partial charge in [0.15, 0.2) is 5.82 Å². The zero-order valence-corrected chi connectivity index (χ0v) is 8.74. The zero-order chi connectivity index (χ0) is 9.26. The van der Waals surface area contributed by atoms with Gasteiger partial charge in [-0.15, -0.1) is 0 Å². The molecule has 0 atom stereocenters. The minimum Gasteiger partial charge on any atom is -0.312 e. The molecule has 3 nitrogen and oxygen atoms in total. The maximum atomic E-state index is 4.39. The Morgan fingerprint density at radius 1 is 1.38 bits per heavy atom. The highest BCUT2D eigenvalue weighted by atomic mass is 32.1. The molecule has 1 aromatic rings. The van der Waals surface area contributed by atoms with E-state index in [2.05, 4.69) is 21.6 Å². The molecule has 0 saturated heterocycles. The molecule has 1 aromatic heterocycles. The lowest BCUT2D eigenvalue weighted by molar-refractivity contribution is 0.712. The van der Waals surface area contributed by atoms with Crippen molar-refractivity contribution in [2.45, 2.75) is 20.3 Å². The Bertz CT molecular complexity index is 340. The van der Waals surface area contributed by atoms with Crippen LogP contribution >= 0.6 is 11.5 Å². The molecule has 0 aliphatic carbocycles. The van der Waals surface area contributed by atoms with E-state index in [1.807, 2.05) is 6.92 Å². The standard InChI is InChI=1S/C9H13N3S/c1-6-3-4-10-5-8(6)9-11-7(2)13-12-9/h10H,3-5H2,1-2H3. The molecule has 1 N–H and O–H groups in total. The van der Waals surface area contributed by atoms with Gasteiger partial charge in [-0.1, -0.05) is 5.57 Å². The first-order valence-corrected chi connectivity index (χ1v) is 5.25. The van der Waals surface area contributed by atoms with Crippen molar-refractivity contribution in [3.8, 4) is 0 Å². The van der Waals surface area contributed by atoms with Gasteiger partial charge in [0.2, 0.25) is 0 Å². The van der Waals surface area contributed by atoms with Crippen molar-refractivity contribution in [3.63, 3.8) is 0 Å². The van der Waals surface area contributed by atoms with Gasteiger partial charge in [-0.05, 0) is 38.3 Å². The van der Waals surface area contributed by atoms with Crippen LogP contribution in [0.1, 0.15) is 24.2 Å². The Morgan fingerprint density at radius 2 is 2.23 bits per heavy atom. The summed E-state index contributed by atoms with van der Waals surface area (Å²) in [5, 5.41) is 4.38. The van der Waals surface area contributed by atoms with Gasteiger partial charge in [0.1, 0.15) is 5.01 Å². The van der Waals surface area contributed by atoms with E-state index in [0.717, 1.165) is 30.3 Å². The molecule has 2 heterocycles. The van der Waals surface area contributed by atoms with E-state index in [0.29, 0.717) is 0 Å². The normalized spacial score (nSPS) is 18.0. The topological polar surface area (TPSA) is 37.8 Å². The third kappa shape index (κ3) is 1.78. The van der Waals surface area contributed by atoms with E-state index in [4.69, 9.17) is 0 Å². The third-order valence-electron chi connectivity index (χ3n) is 2.29. The molecule has 0 amide bonds. The molecule has 0 spiro atoms. The monoisotopic (exact) mass is 195 g/mol. The highest BCUT2D eigenvalue weighted by Crippen LogP contribution is 2.21.